The monoisotopic (exact) mass is 255 g/mol. The molecule has 0 spiro atoms. The molecule has 0 radical (unpaired) electrons. The second kappa shape index (κ2) is 4.92. The topological polar surface area (TPSA) is 53.1 Å². The standard InChI is InChI=1S/C16H17NO2/c18-16(19)15-10-13-12(8-9-14(13)17-15)7-6-11-4-2-1-3-5-11/h1-5,10,12,17H,6-9H2,(H,18,19)/t12-/m0/s1. The predicted octanol–water partition coefficient (Wildman–Crippen LogP) is 3.38. The number of aryl methyl sites for hydroxylation is 2. The van der Waals surface area contributed by atoms with Gasteiger partial charge >= 0.3 is 5.97 Å². The summed E-state index contributed by atoms with van der Waals surface area (Å²) in [6.07, 6.45) is 4.25. The van der Waals surface area contributed by atoms with E-state index in [1.807, 2.05) is 12.1 Å². The molecule has 0 aliphatic heterocycles. The van der Waals surface area contributed by atoms with Crippen LogP contribution in [0.2, 0.25) is 0 Å². The number of carboxylic acid groups (broad SMARTS) is 1. The van der Waals surface area contributed by atoms with Crippen LogP contribution < -0.4 is 0 Å². The zero-order valence-electron chi connectivity index (χ0n) is 10.7. The Morgan fingerprint density at radius 3 is 2.84 bits per heavy atom. The van der Waals surface area contributed by atoms with Crippen molar-refractivity contribution in [3.05, 3.63) is 58.9 Å². The molecule has 0 saturated heterocycles. The number of rotatable bonds is 4. The van der Waals surface area contributed by atoms with E-state index in [9.17, 15) is 4.79 Å². The molecule has 0 amide bonds. The maximum atomic E-state index is 11.0. The lowest BCUT2D eigenvalue weighted by Gasteiger charge is -2.09. The smallest absolute Gasteiger partial charge is 0.352 e. The molecule has 1 heterocycles. The average molecular weight is 255 g/mol. The van der Waals surface area contributed by atoms with Crippen LogP contribution in [0.15, 0.2) is 36.4 Å². The third-order valence-electron chi connectivity index (χ3n) is 3.97. The van der Waals surface area contributed by atoms with Gasteiger partial charge < -0.3 is 10.1 Å². The van der Waals surface area contributed by atoms with Crippen LogP contribution in [0.25, 0.3) is 0 Å². The van der Waals surface area contributed by atoms with Crippen molar-refractivity contribution in [3.8, 4) is 0 Å². The highest BCUT2D eigenvalue weighted by molar-refractivity contribution is 5.86. The maximum absolute atomic E-state index is 11.0. The van der Waals surface area contributed by atoms with E-state index in [0.717, 1.165) is 31.4 Å². The van der Waals surface area contributed by atoms with Crippen molar-refractivity contribution in [2.75, 3.05) is 0 Å². The molecule has 0 saturated carbocycles. The van der Waals surface area contributed by atoms with Crippen LogP contribution in [0, 0.1) is 0 Å². The number of carboxylic acids is 1. The molecule has 3 rings (SSSR count). The zero-order valence-corrected chi connectivity index (χ0v) is 10.7. The summed E-state index contributed by atoms with van der Waals surface area (Å²) < 4.78 is 0. The third kappa shape index (κ3) is 2.41. The molecular weight excluding hydrogens is 238 g/mol. The Labute approximate surface area is 112 Å². The van der Waals surface area contributed by atoms with Crippen LogP contribution in [0.1, 0.15) is 46.1 Å². The van der Waals surface area contributed by atoms with Gasteiger partial charge in [0.05, 0.1) is 0 Å². The van der Waals surface area contributed by atoms with Crippen LogP contribution in [0.4, 0.5) is 0 Å². The summed E-state index contributed by atoms with van der Waals surface area (Å²) in [5, 5.41) is 9.01. The van der Waals surface area contributed by atoms with E-state index >= 15 is 0 Å². The molecule has 98 valence electrons. The van der Waals surface area contributed by atoms with E-state index in [2.05, 4.69) is 29.2 Å². The largest absolute Gasteiger partial charge is 0.477 e. The van der Waals surface area contributed by atoms with Crippen molar-refractivity contribution in [1.29, 1.82) is 0 Å². The minimum absolute atomic E-state index is 0.328. The number of fused-ring (bicyclic) bond motifs is 1. The molecule has 2 N–H and O–H groups in total. The first kappa shape index (κ1) is 12.0. The fourth-order valence-electron chi connectivity index (χ4n) is 2.96. The molecule has 0 fully saturated rings. The van der Waals surface area contributed by atoms with E-state index in [-0.39, 0.29) is 0 Å². The summed E-state index contributed by atoms with van der Waals surface area (Å²) in [5.41, 5.74) is 4.02. The molecule has 3 nitrogen and oxygen atoms in total. The summed E-state index contributed by atoms with van der Waals surface area (Å²) in [5.74, 6) is -0.365. The van der Waals surface area contributed by atoms with E-state index in [4.69, 9.17) is 5.11 Å². The van der Waals surface area contributed by atoms with Gasteiger partial charge in [-0.1, -0.05) is 30.3 Å². The van der Waals surface area contributed by atoms with Crippen LogP contribution in [0.3, 0.4) is 0 Å². The van der Waals surface area contributed by atoms with Gasteiger partial charge in [-0.2, -0.15) is 0 Å². The van der Waals surface area contributed by atoms with Gasteiger partial charge in [0.25, 0.3) is 0 Å². The minimum Gasteiger partial charge on any atom is -0.477 e. The highest BCUT2D eigenvalue weighted by atomic mass is 16.4. The van der Waals surface area contributed by atoms with Crippen molar-refractivity contribution in [1.82, 2.24) is 4.98 Å². The first-order chi connectivity index (χ1) is 9.24. The van der Waals surface area contributed by atoms with E-state index in [1.165, 1.54) is 11.1 Å². The lowest BCUT2D eigenvalue weighted by atomic mass is 9.95. The molecule has 1 aliphatic carbocycles. The van der Waals surface area contributed by atoms with Gasteiger partial charge in [0.15, 0.2) is 0 Å². The van der Waals surface area contributed by atoms with Crippen LogP contribution in [-0.4, -0.2) is 16.1 Å². The van der Waals surface area contributed by atoms with Crippen molar-refractivity contribution in [3.63, 3.8) is 0 Å². The molecule has 1 aliphatic rings. The second-order valence-electron chi connectivity index (χ2n) is 5.18. The Hall–Kier alpha value is -2.03. The van der Waals surface area contributed by atoms with Crippen LogP contribution in [0.5, 0.6) is 0 Å². The molecule has 19 heavy (non-hydrogen) atoms. The first-order valence-electron chi connectivity index (χ1n) is 6.73. The molecule has 0 bridgehead atoms. The van der Waals surface area contributed by atoms with Gasteiger partial charge in [-0.25, -0.2) is 4.79 Å². The second-order valence-corrected chi connectivity index (χ2v) is 5.18. The predicted molar refractivity (Wildman–Crippen MR) is 73.6 cm³/mol. The average Bonchev–Trinajstić information content (AvgIpc) is 2.98. The van der Waals surface area contributed by atoms with Crippen molar-refractivity contribution in [2.45, 2.75) is 31.6 Å². The lowest BCUT2D eigenvalue weighted by molar-refractivity contribution is 0.0691. The lowest BCUT2D eigenvalue weighted by Crippen LogP contribution is -1.98. The normalized spacial score (nSPS) is 17.4. The number of benzene rings is 1. The first-order valence-corrected chi connectivity index (χ1v) is 6.73. The highest BCUT2D eigenvalue weighted by Crippen LogP contribution is 2.36. The number of aromatic amines is 1. The van der Waals surface area contributed by atoms with E-state index in [1.54, 1.807) is 0 Å². The highest BCUT2D eigenvalue weighted by Gasteiger charge is 2.25. The Morgan fingerprint density at radius 1 is 1.32 bits per heavy atom. The maximum Gasteiger partial charge on any atom is 0.352 e. The number of hydrogen-bond donors (Lipinski definition) is 2. The van der Waals surface area contributed by atoms with Crippen LogP contribution in [-0.2, 0) is 12.8 Å². The molecule has 3 heteroatoms. The SMILES string of the molecule is O=C(O)c1cc2c([nH]1)CC[C@@H]2CCc1ccccc1. The molecular formula is C16H17NO2. The summed E-state index contributed by atoms with van der Waals surface area (Å²) in [6, 6.07) is 12.3. The number of H-pyrrole nitrogens is 1. The number of hydrogen-bond acceptors (Lipinski definition) is 1. The molecule has 1 atom stereocenters. The Balaban J connectivity index is 1.70. The summed E-state index contributed by atoms with van der Waals surface area (Å²) >= 11 is 0. The van der Waals surface area contributed by atoms with Gasteiger partial charge in [-0.05, 0) is 48.8 Å². The van der Waals surface area contributed by atoms with Gasteiger partial charge in [0.2, 0.25) is 0 Å². The number of aromatic carboxylic acids is 1. The fraction of sp³-hybridized carbons (Fsp3) is 0.312. The number of nitrogens with one attached hydrogen (secondary N) is 1. The number of carbonyl (C=O) groups is 1. The fourth-order valence-corrected chi connectivity index (χ4v) is 2.96. The Morgan fingerprint density at radius 2 is 2.11 bits per heavy atom. The van der Waals surface area contributed by atoms with Crippen molar-refractivity contribution < 1.29 is 9.90 Å². The zero-order chi connectivity index (χ0) is 13.2. The van der Waals surface area contributed by atoms with Crippen molar-refractivity contribution >= 4 is 5.97 Å². The van der Waals surface area contributed by atoms with Gasteiger partial charge in [-0.3, -0.25) is 0 Å². The van der Waals surface area contributed by atoms with E-state index < -0.39 is 5.97 Å². The Bertz CT molecular complexity index is 586. The Kier molecular flexibility index (Phi) is 3.11. The van der Waals surface area contributed by atoms with Crippen LogP contribution >= 0.6 is 0 Å². The molecule has 2 aromatic rings. The summed E-state index contributed by atoms with van der Waals surface area (Å²) in [7, 11) is 0. The molecule has 1 aromatic carbocycles. The molecule has 0 unspecified atom stereocenters. The summed E-state index contributed by atoms with van der Waals surface area (Å²) in [4.78, 5) is 14.0. The third-order valence-corrected chi connectivity index (χ3v) is 3.97. The van der Waals surface area contributed by atoms with Gasteiger partial charge in [-0.15, -0.1) is 0 Å². The van der Waals surface area contributed by atoms with Gasteiger partial charge in [0.1, 0.15) is 5.69 Å². The molecule has 1 aromatic heterocycles. The van der Waals surface area contributed by atoms with E-state index in [0.29, 0.717) is 11.6 Å². The van der Waals surface area contributed by atoms with Crippen molar-refractivity contribution in [2.24, 2.45) is 0 Å². The summed E-state index contributed by atoms with van der Waals surface area (Å²) in [6.45, 7) is 0. The van der Waals surface area contributed by atoms with Gasteiger partial charge in [0, 0.05) is 5.69 Å². The quantitative estimate of drug-likeness (QED) is 0.880. The number of aromatic nitrogens is 1. The minimum atomic E-state index is -0.865.